The first-order valence-electron chi connectivity index (χ1n) is 7.94. The van der Waals surface area contributed by atoms with Gasteiger partial charge < -0.3 is 20.2 Å². The fourth-order valence-corrected chi connectivity index (χ4v) is 2.70. The molecule has 7 heteroatoms. The van der Waals surface area contributed by atoms with Crippen molar-refractivity contribution in [1.82, 2.24) is 9.88 Å². The number of fused-ring (bicyclic) bond motifs is 1. The summed E-state index contributed by atoms with van der Waals surface area (Å²) in [6, 6.07) is 4.63. The Kier molecular flexibility index (Phi) is 5.03. The topological polar surface area (TPSA) is 96.5 Å². The zero-order chi connectivity index (χ0) is 18.1. The molecule has 24 heavy (non-hydrogen) atoms. The summed E-state index contributed by atoms with van der Waals surface area (Å²) in [7, 11) is 1.62. The average Bonchev–Trinajstić information content (AvgIpc) is 2.79. The number of aryl methyl sites for hydroxylation is 1. The van der Waals surface area contributed by atoms with Crippen LogP contribution in [0.5, 0.6) is 0 Å². The van der Waals surface area contributed by atoms with E-state index in [1.54, 1.807) is 25.2 Å². The van der Waals surface area contributed by atoms with Gasteiger partial charge in [0.1, 0.15) is 0 Å². The van der Waals surface area contributed by atoms with Crippen molar-refractivity contribution >= 4 is 22.8 Å². The summed E-state index contributed by atoms with van der Waals surface area (Å²) < 4.78 is 6.49. The number of benzene rings is 1. The molecule has 0 aliphatic heterocycles. The van der Waals surface area contributed by atoms with Crippen molar-refractivity contribution in [2.24, 2.45) is 18.4 Å². The van der Waals surface area contributed by atoms with E-state index in [0.29, 0.717) is 23.3 Å². The number of carbonyl (C=O) groups excluding carboxylic acids is 1. The summed E-state index contributed by atoms with van der Waals surface area (Å²) in [6.45, 7) is 8.02. The highest BCUT2D eigenvalue weighted by atomic mass is 16.4. The van der Waals surface area contributed by atoms with E-state index in [-0.39, 0.29) is 11.9 Å². The van der Waals surface area contributed by atoms with E-state index < -0.39 is 17.3 Å². The Bertz CT molecular complexity index is 789. The molecule has 1 atom stereocenters. The summed E-state index contributed by atoms with van der Waals surface area (Å²) in [4.78, 5) is 23.5. The number of amides is 2. The van der Waals surface area contributed by atoms with Gasteiger partial charge in [-0.1, -0.05) is 27.7 Å². The average molecular weight is 335 g/mol. The molecule has 132 valence electrons. The number of hydrogen-bond acceptors (Lipinski definition) is 4. The maximum atomic E-state index is 12.1. The lowest BCUT2D eigenvalue weighted by Crippen LogP contribution is -2.44. The van der Waals surface area contributed by atoms with Gasteiger partial charge >= 0.3 is 11.8 Å². The van der Waals surface area contributed by atoms with Gasteiger partial charge in [-0.05, 0) is 18.1 Å². The number of rotatable bonds is 5. The molecule has 0 bridgehead atoms. The normalized spacial score (nSPS) is 13.3. The minimum atomic E-state index is -0.521. The van der Waals surface area contributed by atoms with Gasteiger partial charge in [-0.15, -0.1) is 0 Å². The van der Waals surface area contributed by atoms with Crippen LogP contribution < -0.4 is 16.4 Å². The lowest BCUT2D eigenvalue weighted by Gasteiger charge is -2.33. The Hall–Kier alpha value is -2.28. The first-order valence-corrected chi connectivity index (χ1v) is 7.94. The van der Waals surface area contributed by atoms with Crippen LogP contribution in [-0.4, -0.2) is 28.4 Å². The van der Waals surface area contributed by atoms with Gasteiger partial charge in [0.05, 0.1) is 11.6 Å². The molecule has 0 aliphatic carbocycles. The molecular formula is C17H25N3O4. The lowest BCUT2D eigenvalue weighted by atomic mass is 9.81. The minimum Gasteiger partial charge on any atom is -0.408 e. The molecule has 7 nitrogen and oxygen atoms in total. The predicted molar refractivity (Wildman–Crippen MR) is 93.1 cm³/mol. The molecule has 1 heterocycles. The van der Waals surface area contributed by atoms with Crippen LogP contribution in [0.15, 0.2) is 27.4 Å². The zero-order valence-electron chi connectivity index (χ0n) is 14.7. The van der Waals surface area contributed by atoms with Crippen LogP contribution in [0.2, 0.25) is 0 Å². The maximum Gasteiger partial charge on any atom is 0.419 e. The molecule has 2 amide bonds. The van der Waals surface area contributed by atoms with Gasteiger partial charge in [0, 0.05) is 30.8 Å². The van der Waals surface area contributed by atoms with Crippen molar-refractivity contribution < 1.29 is 14.3 Å². The fourth-order valence-electron chi connectivity index (χ4n) is 2.70. The number of carbonyl (C=O) groups is 1. The number of oxazole rings is 1. The van der Waals surface area contributed by atoms with Crippen LogP contribution in [0.25, 0.3) is 11.1 Å². The number of nitrogens with one attached hydrogen (secondary N) is 2. The number of aromatic nitrogens is 1. The lowest BCUT2D eigenvalue weighted by molar-refractivity contribution is 0.0154. The fraction of sp³-hybridized carbons (Fsp3) is 0.529. The minimum absolute atomic E-state index is 0.105. The standard InChI is InChI=1S/C17H25N3O4/c1-10(2)14(21)17(3,4)9-18-15(22)19-11-6-7-12-13(8-11)24-16(23)20(12)5/h6-8,10,14,21H,9H2,1-5H3,(H2,18,19,22). The van der Waals surface area contributed by atoms with E-state index in [9.17, 15) is 14.7 Å². The molecule has 0 fully saturated rings. The Morgan fingerprint density at radius 3 is 2.67 bits per heavy atom. The largest absolute Gasteiger partial charge is 0.419 e. The monoisotopic (exact) mass is 335 g/mol. The summed E-state index contributed by atoms with van der Waals surface area (Å²) in [6.07, 6.45) is -0.521. The van der Waals surface area contributed by atoms with Gasteiger partial charge in [-0.25, -0.2) is 9.59 Å². The number of urea groups is 1. The van der Waals surface area contributed by atoms with Crippen LogP contribution >= 0.6 is 0 Å². The predicted octanol–water partition coefficient (Wildman–Crippen LogP) is 2.30. The van der Waals surface area contributed by atoms with Crippen molar-refractivity contribution in [3.8, 4) is 0 Å². The van der Waals surface area contributed by atoms with Gasteiger partial charge in [-0.3, -0.25) is 4.57 Å². The molecule has 0 spiro atoms. The molecule has 0 aliphatic rings. The number of anilines is 1. The molecule has 2 rings (SSSR count). The Labute approximate surface area is 140 Å². The highest BCUT2D eigenvalue weighted by Crippen LogP contribution is 2.25. The number of hydrogen-bond donors (Lipinski definition) is 3. The summed E-state index contributed by atoms with van der Waals surface area (Å²) in [5.41, 5.74) is 1.15. The molecule has 1 unspecified atom stereocenters. The Morgan fingerprint density at radius 1 is 1.38 bits per heavy atom. The highest BCUT2D eigenvalue weighted by Gasteiger charge is 2.30. The van der Waals surface area contributed by atoms with E-state index in [1.165, 1.54) is 4.57 Å². The summed E-state index contributed by atoms with van der Waals surface area (Å²) >= 11 is 0. The molecule has 0 radical (unpaired) electrons. The quantitative estimate of drug-likeness (QED) is 0.781. The second kappa shape index (κ2) is 6.68. The number of nitrogens with zero attached hydrogens (tertiary/aromatic N) is 1. The van der Waals surface area contributed by atoms with E-state index in [4.69, 9.17) is 4.42 Å². The molecule has 1 aromatic carbocycles. The molecule has 1 aromatic heterocycles. The second-order valence-corrected chi connectivity index (χ2v) is 7.09. The van der Waals surface area contributed by atoms with Gasteiger partial charge in [0.2, 0.25) is 0 Å². The van der Waals surface area contributed by atoms with E-state index >= 15 is 0 Å². The van der Waals surface area contributed by atoms with Gasteiger partial charge in [0.25, 0.3) is 0 Å². The molecule has 0 saturated carbocycles. The Balaban J connectivity index is 2.01. The van der Waals surface area contributed by atoms with Crippen LogP contribution in [0, 0.1) is 11.3 Å². The summed E-state index contributed by atoms with van der Waals surface area (Å²) in [5, 5.41) is 15.7. The van der Waals surface area contributed by atoms with Crippen molar-refractivity contribution in [1.29, 1.82) is 0 Å². The van der Waals surface area contributed by atoms with Crippen LogP contribution in [0.3, 0.4) is 0 Å². The molecular weight excluding hydrogens is 310 g/mol. The van der Waals surface area contributed by atoms with Crippen molar-refractivity contribution in [3.05, 3.63) is 28.7 Å². The first kappa shape index (κ1) is 18.1. The van der Waals surface area contributed by atoms with Crippen molar-refractivity contribution in [3.63, 3.8) is 0 Å². The third-order valence-electron chi connectivity index (χ3n) is 4.19. The van der Waals surface area contributed by atoms with Crippen LogP contribution in [0.4, 0.5) is 10.5 Å². The van der Waals surface area contributed by atoms with Crippen molar-refractivity contribution in [2.75, 3.05) is 11.9 Å². The van der Waals surface area contributed by atoms with E-state index in [0.717, 1.165) is 0 Å². The zero-order valence-corrected chi connectivity index (χ0v) is 14.7. The SMILES string of the molecule is CC(C)C(O)C(C)(C)CNC(=O)Nc1ccc2c(c1)oc(=O)n2C. The van der Waals surface area contributed by atoms with Crippen LogP contribution in [-0.2, 0) is 7.05 Å². The molecule has 0 saturated heterocycles. The smallest absolute Gasteiger partial charge is 0.408 e. The molecule has 2 aromatic rings. The maximum absolute atomic E-state index is 12.1. The third-order valence-corrected chi connectivity index (χ3v) is 4.19. The third kappa shape index (κ3) is 3.79. The van der Waals surface area contributed by atoms with E-state index in [2.05, 4.69) is 10.6 Å². The van der Waals surface area contributed by atoms with Gasteiger partial charge in [-0.2, -0.15) is 0 Å². The Morgan fingerprint density at radius 2 is 2.04 bits per heavy atom. The molecule has 3 N–H and O–H groups in total. The first-order chi connectivity index (χ1) is 11.1. The van der Waals surface area contributed by atoms with Gasteiger partial charge in [0.15, 0.2) is 5.58 Å². The highest BCUT2D eigenvalue weighted by molar-refractivity contribution is 5.91. The summed E-state index contributed by atoms with van der Waals surface area (Å²) in [5.74, 6) is -0.343. The van der Waals surface area contributed by atoms with Crippen molar-refractivity contribution in [2.45, 2.75) is 33.8 Å². The second-order valence-electron chi connectivity index (χ2n) is 7.09. The van der Waals surface area contributed by atoms with E-state index in [1.807, 2.05) is 27.7 Å². The van der Waals surface area contributed by atoms with Crippen LogP contribution in [0.1, 0.15) is 27.7 Å². The number of aliphatic hydroxyl groups is 1. The number of aliphatic hydroxyl groups excluding tert-OH is 1.